The van der Waals surface area contributed by atoms with Crippen LogP contribution in [0, 0.1) is 12.8 Å². The fourth-order valence-corrected chi connectivity index (χ4v) is 4.14. The van der Waals surface area contributed by atoms with E-state index < -0.39 is 0 Å². The molecule has 1 aliphatic rings. The van der Waals surface area contributed by atoms with Crippen molar-refractivity contribution in [3.8, 4) is 0 Å². The zero-order chi connectivity index (χ0) is 15.9. The van der Waals surface area contributed by atoms with E-state index >= 15 is 0 Å². The molecule has 5 nitrogen and oxygen atoms in total. The van der Waals surface area contributed by atoms with Crippen LogP contribution in [0.15, 0.2) is 0 Å². The van der Waals surface area contributed by atoms with Crippen LogP contribution in [0.3, 0.4) is 0 Å². The number of anilines is 1. The van der Waals surface area contributed by atoms with Crippen molar-refractivity contribution in [2.45, 2.75) is 26.7 Å². The minimum atomic E-state index is -0.338. The summed E-state index contributed by atoms with van der Waals surface area (Å²) in [6.07, 6.45) is 2.27. The summed E-state index contributed by atoms with van der Waals surface area (Å²) < 4.78 is 4.85. The van der Waals surface area contributed by atoms with Crippen LogP contribution in [-0.4, -0.2) is 36.1 Å². The van der Waals surface area contributed by atoms with Gasteiger partial charge in [-0.15, -0.1) is 11.3 Å². The molecule has 1 saturated heterocycles. The third kappa shape index (κ3) is 2.65. The van der Waals surface area contributed by atoms with Gasteiger partial charge in [-0.3, -0.25) is 0 Å². The average Bonchev–Trinajstić information content (AvgIpc) is 2.83. The number of rotatable bonds is 2. The Morgan fingerprint density at radius 3 is 2.68 bits per heavy atom. The standard InChI is InChI=1S/C15H18ClN3O2S/c1-8-4-6-19(7-5-8)12-10-9(2)11(14(20)21-3)22-13(10)18-15(16)17-12/h8H,4-7H2,1-3H3. The molecule has 0 aromatic carbocycles. The summed E-state index contributed by atoms with van der Waals surface area (Å²) in [5.41, 5.74) is 0.872. The quantitative estimate of drug-likeness (QED) is 0.617. The van der Waals surface area contributed by atoms with E-state index in [1.54, 1.807) is 0 Å². The van der Waals surface area contributed by atoms with Crippen LogP contribution in [0.1, 0.15) is 35.0 Å². The van der Waals surface area contributed by atoms with Gasteiger partial charge in [-0.05, 0) is 42.8 Å². The predicted octanol–water partition coefficient (Wildman–Crippen LogP) is 3.68. The Hall–Kier alpha value is -1.40. The third-order valence-electron chi connectivity index (χ3n) is 4.20. The van der Waals surface area contributed by atoms with Crippen LogP contribution in [0.5, 0.6) is 0 Å². The van der Waals surface area contributed by atoms with Crippen molar-refractivity contribution in [1.82, 2.24) is 9.97 Å². The fourth-order valence-electron chi connectivity index (χ4n) is 2.83. The molecule has 0 unspecified atom stereocenters. The summed E-state index contributed by atoms with van der Waals surface area (Å²) in [6.45, 7) is 6.09. The molecule has 0 aliphatic carbocycles. The van der Waals surface area contributed by atoms with Crippen molar-refractivity contribution in [3.63, 3.8) is 0 Å². The van der Waals surface area contributed by atoms with E-state index in [4.69, 9.17) is 16.3 Å². The molecule has 3 heterocycles. The molecule has 0 bridgehead atoms. The monoisotopic (exact) mass is 339 g/mol. The van der Waals surface area contributed by atoms with Gasteiger partial charge in [0.15, 0.2) is 0 Å². The molecule has 2 aromatic heterocycles. The number of piperidine rings is 1. The Bertz CT molecular complexity index is 723. The van der Waals surface area contributed by atoms with Gasteiger partial charge >= 0.3 is 5.97 Å². The number of methoxy groups -OCH3 is 1. The molecule has 118 valence electrons. The van der Waals surface area contributed by atoms with Crippen LogP contribution < -0.4 is 4.90 Å². The fraction of sp³-hybridized carbons (Fsp3) is 0.533. The van der Waals surface area contributed by atoms with E-state index in [9.17, 15) is 4.79 Å². The van der Waals surface area contributed by atoms with Gasteiger partial charge < -0.3 is 9.64 Å². The molecule has 7 heteroatoms. The van der Waals surface area contributed by atoms with E-state index in [0.717, 1.165) is 53.4 Å². The van der Waals surface area contributed by atoms with E-state index in [0.29, 0.717) is 4.88 Å². The van der Waals surface area contributed by atoms with Crippen molar-refractivity contribution in [2.24, 2.45) is 5.92 Å². The number of nitrogens with zero attached hydrogens (tertiary/aromatic N) is 3. The molecule has 1 aliphatic heterocycles. The second-order valence-corrected chi connectivity index (χ2v) is 7.05. The number of hydrogen-bond acceptors (Lipinski definition) is 6. The SMILES string of the molecule is COC(=O)c1sc2nc(Cl)nc(N3CCC(C)CC3)c2c1C. The maximum Gasteiger partial charge on any atom is 0.348 e. The van der Waals surface area contributed by atoms with Crippen molar-refractivity contribution >= 4 is 44.9 Å². The van der Waals surface area contributed by atoms with Crippen LogP contribution >= 0.6 is 22.9 Å². The Labute approximate surface area is 138 Å². The predicted molar refractivity (Wildman–Crippen MR) is 89.1 cm³/mol. The second-order valence-electron chi connectivity index (χ2n) is 5.71. The summed E-state index contributed by atoms with van der Waals surface area (Å²) in [5.74, 6) is 1.24. The largest absolute Gasteiger partial charge is 0.465 e. The molecule has 22 heavy (non-hydrogen) atoms. The first-order valence-corrected chi connectivity index (χ1v) is 8.50. The summed E-state index contributed by atoms with van der Waals surface area (Å²) >= 11 is 7.40. The molecule has 1 fully saturated rings. The van der Waals surface area contributed by atoms with Crippen LogP contribution in [0.25, 0.3) is 10.2 Å². The highest BCUT2D eigenvalue weighted by molar-refractivity contribution is 7.20. The number of carbonyl (C=O) groups is 1. The highest BCUT2D eigenvalue weighted by Gasteiger charge is 2.25. The van der Waals surface area contributed by atoms with Gasteiger partial charge in [0.1, 0.15) is 15.5 Å². The molecule has 3 rings (SSSR count). The Kier molecular flexibility index (Phi) is 4.23. The molecule has 0 radical (unpaired) electrons. The molecule has 0 atom stereocenters. The maximum atomic E-state index is 11.9. The van der Waals surface area contributed by atoms with Crippen molar-refractivity contribution in [3.05, 3.63) is 15.7 Å². The minimum absolute atomic E-state index is 0.221. The first-order chi connectivity index (χ1) is 10.5. The van der Waals surface area contributed by atoms with Crippen LogP contribution in [0.2, 0.25) is 5.28 Å². The van der Waals surface area contributed by atoms with Crippen molar-refractivity contribution in [1.29, 1.82) is 0 Å². The zero-order valence-electron chi connectivity index (χ0n) is 12.9. The smallest absolute Gasteiger partial charge is 0.348 e. The van der Waals surface area contributed by atoms with E-state index in [1.165, 1.54) is 18.4 Å². The number of esters is 1. The van der Waals surface area contributed by atoms with Crippen LogP contribution in [-0.2, 0) is 4.74 Å². The lowest BCUT2D eigenvalue weighted by molar-refractivity contribution is 0.0605. The second kappa shape index (κ2) is 6.01. The van der Waals surface area contributed by atoms with E-state index in [2.05, 4.69) is 21.8 Å². The average molecular weight is 340 g/mol. The zero-order valence-corrected chi connectivity index (χ0v) is 14.4. The van der Waals surface area contributed by atoms with Gasteiger partial charge in [0.05, 0.1) is 12.5 Å². The molecular weight excluding hydrogens is 322 g/mol. The number of halogens is 1. The number of carbonyl (C=O) groups excluding carboxylic acids is 1. The lowest BCUT2D eigenvalue weighted by Gasteiger charge is -2.31. The molecule has 2 aromatic rings. The summed E-state index contributed by atoms with van der Waals surface area (Å²) in [7, 11) is 1.39. The topological polar surface area (TPSA) is 55.3 Å². The summed E-state index contributed by atoms with van der Waals surface area (Å²) in [6, 6.07) is 0. The molecule has 0 N–H and O–H groups in total. The van der Waals surface area contributed by atoms with Crippen molar-refractivity contribution < 1.29 is 9.53 Å². The first kappa shape index (κ1) is 15.5. The molecular formula is C15H18ClN3O2S. The number of hydrogen-bond donors (Lipinski definition) is 0. The van der Waals surface area contributed by atoms with Gasteiger partial charge in [-0.25, -0.2) is 9.78 Å². The number of ether oxygens (including phenoxy) is 1. The molecule has 0 spiro atoms. The minimum Gasteiger partial charge on any atom is -0.465 e. The van der Waals surface area contributed by atoms with Crippen LogP contribution in [0.4, 0.5) is 5.82 Å². The Balaban J connectivity index is 2.13. The summed E-state index contributed by atoms with van der Waals surface area (Å²) in [5, 5.41) is 1.14. The lowest BCUT2D eigenvalue weighted by Crippen LogP contribution is -2.33. The van der Waals surface area contributed by atoms with Gasteiger partial charge in [0.2, 0.25) is 5.28 Å². The summed E-state index contributed by atoms with van der Waals surface area (Å²) in [4.78, 5) is 24.2. The highest BCUT2D eigenvalue weighted by Crippen LogP contribution is 2.37. The van der Waals surface area contributed by atoms with Gasteiger partial charge in [-0.1, -0.05) is 6.92 Å². The van der Waals surface area contributed by atoms with Gasteiger partial charge in [0, 0.05) is 13.1 Å². The third-order valence-corrected chi connectivity index (χ3v) is 5.53. The number of aryl methyl sites for hydroxylation is 1. The number of aromatic nitrogens is 2. The molecule has 0 saturated carbocycles. The van der Waals surface area contributed by atoms with Gasteiger partial charge in [0.25, 0.3) is 0 Å². The normalized spacial score (nSPS) is 16.3. The lowest BCUT2D eigenvalue weighted by atomic mass is 9.99. The first-order valence-electron chi connectivity index (χ1n) is 7.31. The Morgan fingerprint density at radius 1 is 1.36 bits per heavy atom. The number of thiophene rings is 1. The Morgan fingerprint density at radius 2 is 2.05 bits per heavy atom. The maximum absolute atomic E-state index is 11.9. The highest BCUT2D eigenvalue weighted by atomic mass is 35.5. The molecule has 0 amide bonds. The van der Waals surface area contributed by atoms with E-state index in [1.807, 2.05) is 6.92 Å². The van der Waals surface area contributed by atoms with E-state index in [-0.39, 0.29) is 11.3 Å². The van der Waals surface area contributed by atoms with Crippen molar-refractivity contribution in [2.75, 3.05) is 25.1 Å². The number of fused-ring (bicyclic) bond motifs is 1. The van der Waals surface area contributed by atoms with Gasteiger partial charge in [-0.2, -0.15) is 4.98 Å².